The van der Waals surface area contributed by atoms with Gasteiger partial charge < -0.3 is 14.8 Å². The molecule has 0 fully saturated rings. The molecule has 0 aliphatic carbocycles. The molecule has 6 nitrogen and oxygen atoms in total. The van der Waals surface area contributed by atoms with Crippen LogP contribution in [0, 0.1) is 0 Å². The van der Waals surface area contributed by atoms with Crippen LogP contribution in [-0.2, 0) is 14.3 Å². The van der Waals surface area contributed by atoms with E-state index in [4.69, 9.17) is 32.7 Å². The molecule has 1 aromatic carbocycles. The molecule has 0 aliphatic rings. The lowest BCUT2D eigenvalue weighted by Crippen LogP contribution is -2.32. The second-order valence-electron chi connectivity index (χ2n) is 4.85. The van der Waals surface area contributed by atoms with E-state index >= 15 is 0 Å². The van der Waals surface area contributed by atoms with E-state index in [-0.39, 0.29) is 17.4 Å². The zero-order valence-electron chi connectivity index (χ0n) is 13.0. The maximum atomic E-state index is 12.0. The standard InChI is InChI=1S/C16H13BrCl2N2O4/c1-9(16(23)21-15-13(19)6-11(18)7-20-15)25-14(22)8-24-12-4-2-10(17)3-5-12/h2-7,9H,8H2,1H3,(H,20,21,23). The first-order chi connectivity index (χ1) is 11.8. The number of amides is 1. The van der Waals surface area contributed by atoms with E-state index in [1.54, 1.807) is 24.3 Å². The van der Waals surface area contributed by atoms with Crippen molar-refractivity contribution in [3.63, 3.8) is 0 Å². The lowest BCUT2D eigenvalue weighted by Gasteiger charge is -2.14. The van der Waals surface area contributed by atoms with E-state index in [9.17, 15) is 9.59 Å². The van der Waals surface area contributed by atoms with Gasteiger partial charge in [0.1, 0.15) is 5.75 Å². The summed E-state index contributed by atoms with van der Waals surface area (Å²) in [5, 5.41) is 2.98. The topological polar surface area (TPSA) is 77.5 Å². The Morgan fingerprint density at radius 1 is 1.28 bits per heavy atom. The summed E-state index contributed by atoms with van der Waals surface area (Å²) in [4.78, 5) is 27.7. The molecule has 1 amide bonds. The van der Waals surface area contributed by atoms with Crippen molar-refractivity contribution in [3.05, 3.63) is 51.0 Å². The summed E-state index contributed by atoms with van der Waals surface area (Å²) < 4.78 is 11.2. The Morgan fingerprint density at radius 3 is 2.60 bits per heavy atom. The van der Waals surface area contributed by atoms with Crippen LogP contribution in [-0.4, -0.2) is 29.6 Å². The van der Waals surface area contributed by atoms with Crippen LogP contribution in [0.4, 0.5) is 5.82 Å². The van der Waals surface area contributed by atoms with E-state index < -0.39 is 18.0 Å². The lowest BCUT2D eigenvalue weighted by atomic mass is 10.3. The average molecular weight is 448 g/mol. The number of benzene rings is 1. The number of esters is 1. The highest BCUT2D eigenvalue weighted by atomic mass is 79.9. The Balaban J connectivity index is 1.83. The van der Waals surface area contributed by atoms with Crippen LogP contribution >= 0.6 is 39.1 Å². The Labute approximate surface area is 162 Å². The van der Waals surface area contributed by atoms with Crippen LogP contribution in [0.25, 0.3) is 0 Å². The maximum Gasteiger partial charge on any atom is 0.344 e. The molecule has 1 atom stereocenters. The van der Waals surface area contributed by atoms with E-state index in [2.05, 4.69) is 26.2 Å². The third kappa shape index (κ3) is 6.19. The first kappa shape index (κ1) is 19.5. The van der Waals surface area contributed by atoms with E-state index in [1.807, 2.05) is 0 Å². The molecule has 0 radical (unpaired) electrons. The van der Waals surface area contributed by atoms with Crippen molar-refractivity contribution in [3.8, 4) is 5.75 Å². The number of aromatic nitrogens is 1. The third-order valence-electron chi connectivity index (χ3n) is 2.90. The fraction of sp³-hybridized carbons (Fsp3) is 0.188. The zero-order chi connectivity index (χ0) is 18.4. The first-order valence-corrected chi connectivity index (χ1v) is 8.60. The average Bonchev–Trinajstić information content (AvgIpc) is 2.56. The SMILES string of the molecule is CC(OC(=O)COc1ccc(Br)cc1)C(=O)Nc1ncc(Cl)cc1Cl. The van der Waals surface area contributed by atoms with Crippen LogP contribution in [0.1, 0.15) is 6.92 Å². The Hall–Kier alpha value is -1.83. The third-order valence-corrected chi connectivity index (χ3v) is 3.92. The number of hydrogen-bond acceptors (Lipinski definition) is 5. The van der Waals surface area contributed by atoms with Gasteiger partial charge in [0.05, 0.1) is 10.0 Å². The van der Waals surface area contributed by atoms with Crippen LogP contribution in [0.15, 0.2) is 41.0 Å². The number of pyridine rings is 1. The molecule has 0 spiro atoms. The molecule has 0 bridgehead atoms. The van der Waals surface area contributed by atoms with Gasteiger partial charge in [0.2, 0.25) is 0 Å². The van der Waals surface area contributed by atoms with Crippen molar-refractivity contribution in [2.75, 3.05) is 11.9 Å². The summed E-state index contributed by atoms with van der Waals surface area (Å²) in [6.07, 6.45) is 0.292. The summed E-state index contributed by atoms with van der Waals surface area (Å²) in [6, 6.07) is 8.39. The van der Waals surface area contributed by atoms with Crippen LogP contribution < -0.4 is 10.1 Å². The predicted molar refractivity (Wildman–Crippen MR) is 98.1 cm³/mol. The molecule has 0 saturated carbocycles. The number of carbonyl (C=O) groups excluding carboxylic acids is 2. The zero-order valence-corrected chi connectivity index (χ0v) is 16.1. The van der Waals surface area contributed by atoms with Gasteiger partial charge in [-0.05, 0) is 37.3 Å². The molecular weight excluding hydrogens is 435 g/mol. The molecule has 1 unspecified atom stereocenters. The fourth-order valence-corrected chi connectivity index (χ4v) is 2.37. The van der Waals surface area contributed by atoms with Gasteiger partial charge in [-0.1, -0.05) is 39.1 Å². The van der Waals surface area contributed by atoms with Gasteiger partial charge in [0.25, 0.3) is 5.91 Å². The molecule has 2 aromatic rings. The van der Waals surface area contributed by atoms with E-state index in [0.29, 0.717) is 10.8 Å². The number of nitrogens with zero attached hydrogens (tertiary/aromatic N) is 1. The quantitative estimate of drug-likeness (QED) is 0.674. The molecule has 2 rings (SSSR count). The molecule has 9 heteroatoms. The molecule has 1 heterocycles. The van der Waals surface area contributed by atoms with Crippen molar-refractivity contribution >= 4 is 56.8 Å². The van der Waals surface area contributed by atoms with Gasteiger partial charge >= 0.3 is 5.97 Å². The summed E-state index contributed by atoms with van der Waals surface area (Å²) in [7, 11) is 0. The van der Waals surface area contributed by atoms with Crippen molar-refractivity contribution < 1.29 is 19.1 Å². The van der Waals surface area contributed by atoms with Crippen LogP contribution in [0.2, 0.25) is 10.0 Å². The second kappa shape index (κ2) is 9.03. The number of rotatable bonds is 6. The Bertz CT molecular complexity index is 771. The van der Waals surface area contributed by atoms with Crippen molar-refractivity contribution in [2.24, 2.45) is 0 Å². The normalized spacial score (nSPS) is 11.5. The van der Waals surface area contributed by atoms with Crippen molar-refractivity contribution in [1.29, 1.82) is 0 Å². The number of nitrogens with one attached hydrogen (secondary N) is 1. The van der Waals surface area contributed by atoms with Gasteiger partial charge in [-0.25, -0.2) is 9.78 Å². The lowest BCUT2D eigenvalue weighted by molar-refractivity contribution is -0.155. The van der Waals surface area contributed by atoms with Gasteiger partial charge in [0.15, 0.2) is 18.5 Å². The minimum Gasteiger partial charge on any atom is -0.482 e. The van der Waals surface area contributed by atoms with Gasteiger partial charge in [-0.3, -0.25) is 4.79 Å². The predicted octanol–water partition coefficient (Wildman–Crippen LogP) is 4.10. The summed E-state index contributed by atoms with van der Waals surface area (Å²) in [5.74, 6) is -0.617. The summed E-state index contributed by atoms with van der Waals surface area (Å²) in [5.41, 5.74) is 0. The number of anilines is 1. The molecule has 25 heavy (non-hydrogen) atoms. The molecule has 1 aromatic heterocycles. The first-order valence-electron chi connectivity index (χ1n) is 7.05. The summed E-state index contributed by atoms with van der Waals surface area (Å²) >= 11 is 14.9. The highest BCUT2D eigenvalue weighted by Gasteiger charge is 2.19. The maximum absolute atomic E-state index is 12.0. The van der Waals surface area contributed by atoms with Gasteiger partial charge in [-0.2, -0.15) is 0 Å². The molecular formula is C16H13BrCl2N2O4. The van der Waals surface area contributed by atoms with Crippen molar-refractivity contribution in [1.82, 2.24) is 4.98 Å². The van der Waals surface area contributed by atoms with Gasteiger partial charge in [-0.15, -0.1) is 0 Å². The monoisotopic (exact) mass is 446 g/mol. The fourth-order valence-electron chi connectivity index (χ4n) is 1.68. The molecule has 1 N–H and O–H groups in total. The number of ether oxygens (including phenoxy) is 2. The van der Waals surface area contributed by atoms with Gasteiger partial charge in [0, 0.05) is 10.7 Å². The van der Waals surface area contributed by atoms with Crippen molar-refractivity contribution in [2.45, 2.75) is 13.0 Å². The molecule has 0 aliphatic heterocycles. The van der Waals surface area contributed by atoms with E-state index in [0.717, 1.165) is 4.47 Å². The minimum absolute atomic E-state index is 0.130. The number of carbonyl (C=O) groups is 2. The highest BCUT2D eigenvalue weighted by Crippen LogP contribution is 2.22. The smallest absolute Gasteiger partial charge is 0.344 e. The number of halogens is 3. The Morgan fingerprint density at radius 2 is 1.96 bits per heavy atom. The number of hydrogen-bond donors (Lipinski definition) is 1. The van der Waals surface area contributed by atoms with E-state index in [1.165, 1.54) is 19.2 Å². The van der Waals surface area contributed by atoms with Crippen LogP contribution in [0.5, 0.6) is 5.75 Å². The highest BCUT2D eigenvalue weighted by molar-refractivity contribution is 9.10. The Kier molecular flexibility index (Phi) is 7.04. The minimum atomic E-state index is -1.05. The second-order valence-corrected chi connectivity index (χ2v) is 6.61. The largest absolute Gasteiger partial charge is 0.482 e. The van der Waals surface area contributed by atoms with Crippen LogP contribution in [0.3, 0.4) is 0 Å². The molecule has 0 saturated heterocycles. The molecule has 132 valence electrons. The summed E-state index contributed by atoms with van der Waals surface area (Å²) in [6.45, 7) is 1.11.